The lowest BCUT2D eigenvalue weighted by Gasteiger charge is -2.38. The van der Waals surface area contributed by atoms with Gasteiger partial charge in [-0.1, -0.05) is 13.8 Å². The van der Waals surface area contributed by atoms with Gasteiger partial charge in [-0.25, -0.2) is 9.98 Å². The third kappa shape index (κ3) is 3.55. The third-order valence-corrected chi connectivity index (χ3v) is 4.74. The van der Waals surface area contributed by atoms with Crippen LogP contribution in [0.15, 0.2) is 29.3 Å². The maximum Gasteiger partial charge on any atom is 0.229 e. The van der Waals surface area contributed by atoms with Crippen LogP contribution < -0.4 is 4.90 Å². The number of rotatable bonds is 6. The first-order chi connectivity index (χ1) is 11.4. The average Bonchev–Trinajstić information content (AvgIpc) is 2.57. The monoisotopic (exact) mass is 330 g/mol. The number of methoxy groups -OCH3 is 1. The molecule has 0 radical (unpaired) electrons. The van der Waals surface area contributed by atoms with Crippen LogP contribution in [-0.4, -0.2) is 48.9 Å². The normalized spacial score (nSPS) is 17.7. The minimum Gasteiger partial charge on any atom is -0.480 e. The largest absolute Gasteiger partial charge is 0.480 e. The molecule has 132 valence electrons. The van der Waals surface area contributed by atoms with E-state index in [0.717, 1.165) is 29.9 Å². The first-order valence-corrected chi connectivity index (χ1v) is 8.69. The molecule has 1 aromatic rings. The number of aryl methyl sites for hydroxylation is 1. The number of aromatic nitrogens is 1. The van der Waals surface area contributed by atoms with E-state index < -0.39 is 0 Å². The molecular weight excluding hydrogens is 300 g/mol. The zero-order valence-corrected chi connectivity index (χ0v) is 16.0. The second kappa shape index (κ2) is 7.69. The Balaban J connectivity index is 2.45. The van der Waals surface area contributed by atoms with E-state index in [2.05, 4.69) is 43.6 Å². The molecule has 1 aliphatic heterocycles. The Labute approximate surface area is 146 Å². The van der Waals surface area contributed by atoms with Crippen molar-refractivity contribution in [2.45, 2.75) is 52.6 Å². The van der Waals surface area contributed by atoms with Crippen LogP contribution in [0.25, 0.3) is 0 Å². The molecule has 0 aromatic carbocycles. The Morgan fingerprint density at radius 1 is 1.29 bits per heavy atom. The Morgan fingerprint density at radius 2 is 1.96 bits per heavy atom. The van der Waals surface area contributed by atoms with Crippen molar-refractivity contribution in [3.63, 3.8) is 0 Å². The van der Waals surface area contributed by atoms with E-state index in [-0.39, 0.29) is 6.04 Å². The van der Waals surface area contributed by atoms with Crippen molar-refractivity contribution >= 4 is 11.5 Å². The summed E-state index contributed by atoms with van der Waals surface area (Å²) in [5.41, 5.74) is 3.30. The number of hydrogen-bond acceptors (Lipinski definition) is 5. The zero-order valence-electron chi connectivity index (χ0n) is 16.0. The molecule has 0 spiro atoms. The number of hydrogen-bond donors (Lipinski definition) is 0. The molecule has 5 nitrogen and oxygen atoms in total. The SMILES string of the molecule is CCC(CC)N1C=C(OC)N=C(c2cnc(N(C)C)cc2C)C1C. The van der Waals surface area contributed by atoms with E-state index in [9.17, 15) is 0 Å². The Morgan fingerprint density at radius 3 is 2.46 bits per heavy atom. The van der Waals surface area contributed by atoms with Crippen LogP contribution in [0, 0.1) is 6.92 Å². The van der Waals surface area contributed by atoms with Gasteiger partial charge >= 0.3 is 0 Å². The molecule has 0 saturated carbocycles. The summed E-state index contributed by atoms with van der Waals surface area (Å²) in [5, 5.41) is 0. The van der Waals surface area contributed by atoms with Gasteiger partial charge in [0.1, 0.15) is 5.82 Å². The predicted octanol–water partition coefficient (Wildman–Crippen LogP) is 3.58. The highest BCUT2D eigenvalue weighted by Crippen LogP contribution is 2.26. The van der Waals surface area contributed by atoms with E-state index >= 15 is 0 Å². The van der Waals surface area contributed by atoms with E-state index in [4.69, 9.17) is 9.73 Å². The molecule has 2 heterocycles. The van der Waals surface area contributed by atoms with Gasteiger partial charge in [0.25, 0.3) is 0 Å². The van der Waals surface area contributed by atoms with Gasteiger partial charge in [0.2, 0.25) is 5.88 Å². The lowest BCUT2D eigenvalue weighted by Crippen LogP contribution is -2.44. The highest BCUT2D eigenvalue weighted by Gasteiger charge is 2.29. The standard InChI is InChI=1S/C19H30N4O/c1-8-15(9-2)23-12-18(24-7)21-19(14(23)4)16-11-20-17(22(5)6)10-13(16)3/h10-12,14-15H,8-9H2,1-7H3. The summed E-state index contributed by atoms with van der Waals surface area (Å²) in [5.74, 6) is 1.62. The van der Waals surface area contributed by atoms with E-state index in [1.807, 2.05) is 31.4 Å². The Hall–Kier alpha value is -2.04. The molecule has 1 unspecified atom stereocenters. The Kier molecular flexibility index (Phi) is 5.86. The minimum absolute atomic E-state index is 0.194. The van der Waals surface area contributed by atoms with Crippen LogP contribution in [0.2, 0.25) is 0 Å². The summed E-state index contributed by atoms with van der Waals surface area (Å²) in [6.07, 6.45) is 6.17. The molecule has 1 atom stereocenters. The van der Waals surface area contributed by atoms with Gasteiger partial charge in [-0.15, -0.1) is 0 Å². The van der Waals surface area contributed by atoms with Gasteiger partial charge in [0, 0.05) is 31.9 Å². The van der Waals surface area contributed by atoms with Crippen LogP contribution in [0.4, 0.5) is 5.82 Å². The summed E-state index contributed by atoms with van der Waals surface area (Å²) >= 11 is 0. The number of aliphatic imine (C=N–C) groups is 1. The van der Waals surface area contributed by atoms with Crippen LogP contribution in [0.5, 0.6) is 0 Å². The van der Waals surface area contributed by atoms with Gasteiger partial charge in [-0.2, -0.15) is 0 Å². The first-order valence-electron chi connectivity index (χ1n) is 8.69. The van der Waals surface area contributed by atoms with Crippen molar-refractivity contribution in [3.05, 3.63) is 35.5 Å². The van der Waals surface area contributed by atoms with Crippen molar-refractivity contribution < 1.29 is 4.74 Å². The lowest BCUT2D eigenvalue weighted by atomic mass is 9.97. The maximum atomic E-state index is 5.47. The summed E-state index contributed by atoms with van der Waals surface area (Å²) < 4.78 is 5.47. The maximum absolute atomic E-state index is 5.47. The molecule has 0 aliphatic carbocycles. The molecule has 0 amide bonds. The van der Waals surface area contributed by atoms with Crippen molar-refractivity contribution in [2.24, 2.45) is 4.99 Å². The number of nitrogens with zero attached hydrogens (tertiary/aromatic N) is 4. The second-order valence-electron chi connectivity index (χ2n) is 6.51. The van der Waals surface area contributed by atoms with Crippen LogP contribution >= 0.6 is 0 Å². The Bertz CT molecular complexity index is 632. The topological polar surface area (TPSA) is 41.0 Å². The molecule has 2 rings (SSSR count). The molecule has 5 heteroatoms. The van der Waals surface area contributed by atoms with Crippen LogP contribution in [0.1, 0.15) is 44.7 Å². The molecular formula is C19H30N4O. The van der Waals surface area contributed by atoms with Crippen molar-refractivity contribution in [1.29, 1.82) is 0 Å². The average molecular weight is 330 g/mol. The molecule has 0 saturated heterocycles. The highest BCUT2D eigenvalue weighted by atomic mass is 16.5. The number of ether oxygens (including phenoxy) is 1. The fourth-order valence-corrected chi connectivity index (χ4v) is 3.19. The van der Waals surface area contributed by atoms with Crippen LogP contribution in [-0.2, 0) is 4.74 Å². The smallest absolute Gasteiger partial charge is 0.229 e. The van der Waals surface area contributed by atoms with Gasteiger partial charge in [0.05, 0.1) is 25.1 Å². The van der Waals surface area contributed by atoms with Gasteiger partial charge < -0.3 is 14.5 Å². The molecule has 0 fully saturated rings. The van der Waals surface area contributed by atoms with Crippen molar-refractivity contribution in [3.8, 4) is 0 Å². The van der Waals surface area contributed by atoms with E-state index in [0.29, 0.717) is 11.9 Å². The summed E-state index contributed by atoms with van der Waals surface area (Å²) in [6, 6.07) is 2.78. The molecule has 1 aromatic heterocycles. The number of anilines is 1. The zero-order chi connectivity index (χ0) is 17.9. The first kappa shape index (κ1) is 18.3. The lowest BCUT2D eigenvalue weighted by molar-refractivity contribution is 0.206. The molecule has 24 heavy (non-hydrogen) atoms. The van der Waals surface area contributed by atoms with Gasteiger partial charge in [0.15, 0.2) is 0 Å². The minimum atomic E-state index is 0.194. The molecule has 1 aliphatic rings. The quantitative estimate of drug-likeness (QED) is 0.799. The molecule has 0 N–H and O–H groups in total. The molecule has 0 bridgehead atoms. The van der Waals surface area contributed by atoms with Gasteiger partial charge in [-0.05, 0) is 38.3 Å². The predicted molar refractivity (Wildman–Crippen MR) is 101 cm³/mol. The summed E-state index contributed by atoms with van der Waals surface area (Å²) in [7, 11) is 5.68. The fourth-order valence-electron chi connectivity index (χ4n) is 3.19. The fraction of sp³-hybridized carbons (Fsp3) is 0.579. The van der Waals surface area contributed by atoms with E-state index in [1.165, 1.54) is 5.56 Å². The highest BCUT2D eigenvalue weighted by molar-refractivity contribution is 6.06. The number of pyridine rings is 1. The van der Waals surface area contributed by atoms with Gasteiger partial charge in [-0.3, -0.25) is 0 Å². The second-order valence-corrected chi connectivity index (χ2v) is 6.51. The summed E-state index contributed by atoms with van der Waals surface area (Å²) in [4.78, 5) is 13.7. The van der Waals surface area contributed by atoms with Crippen LogP contribution in [0.3, 0.4) is 0 Å². The van der Waals surface area contributed by atoms with E-state index in [1.54, 1.807) is 7.11 Å². The summed E-state index contributed by atoms with van der Waals surface area (Å²) in [6.45, 7) is 8.78. The van der Waals surface area contributed by atoms with Crippen molar-refractivity contribution in [2.75, 3.05) is 26.1 Å². The third-order valence-electron chi connectivity index (χ3n) is 4.74. The van der Waals surface area contributed by atoms with Crippen molar-refractivity contribution in [1.82, 2.24) is 9.88 Å².